The molecule has 2 nitrogen and oxygen atoms in total. The predicted molar refractivity (Wildman–Crippen MR) is 160 cm³/mol. The molecule has 0 bridgehead atoms. The third-order valence-corrected chi connectivity index (χ3v) is 8.13. The second-order valence-corrected chi connectivity index (χ2v) is 12.9. The molecule has 0 radical (unpaired) electrons. The van der Waals surface area contributed by atoms with Gasteiger partial charge in [0.2, 0.25) is 0 Å². The van der Waals surface area contributed by atoms with E-state index in [-0.39, 0.29) is 5.41 Å². The van der Waals surface area contributed by atoms with Crippen LogP contribution in [0.2, 0.25) is 0 Å². The molecule has 6 rings (SSSR count). The largest absolute Gasteiger partial charge is 0.464 e. The fourth-order valence-corrected chi connectivity index (χ4v) is 6.35. The van der Waals surface area contributed by atoms with Crippen LogP contribution in [0.3, 0.4) is 0 Å². The number of hydrogen-bond donors (Lipinski definition) is 0. The van der Waals surface area contributed by atoms with E-state index in [9.17, 15) is 0 Å². The Kier molecular flexibility index (Phi) is 5.72. The standard InChI is InChI=1S/C34H33NOS/c1-20(2)13-25-19-36-32-17-23(11-12-27(25)32)28-18-31(35-33-29(28)14-21(3)37-33)24-15-22-9-7-8-10-26(22)30(16-24)34(4,5)6/h7-12,14-20H,13H2,1-6H3. The van der Waals surface area contributed by atoms with Crippen LogP contribution < -0.4 is 0 Å². The lowest BCUT2D eigenvalue weighted by Gasteiger charge is -2.23. The van der Waals surface area contributed by atoms with Gasteiger partial charge in [-0.1, -0.05) is 71.0 Å². The second-order valence-electron chi connectivity index (χ2n) is 11.7. The van der Waals surface area contributed by atoms with Crippen LogP contribution in [-0.2, 0) is 11.8 Å². The molecule has 0 saturated heterocycles. The van der Waals surface area contributed by atoms with E-state index in [0.29, 0.717) is 5.92 Å². The SMILES string of the molecule is Cc1cc2c(-c3ccc4c(CC(C)C)coc4c3)cc(-c3cc(C(C)(C)C)c4ccccc4c3)nc2s1. The zero-order chi connectivity index (χ0) is 25.9. The molecular weight excluding hydrogens is 470 g/mol. The molecule has 0 aliphatic rings. The van der Waals surface area contributed by atoms with Gasteiger partial charge in [-0.05, 0) is 88.0 Å². The molecule has 3 heteroatoms. The van der Waals surface area contributed by atoms with Gasteiger partial charge in [-0.15, -0.1) is 11.3 Å². The summed E-state index contributed by atoms with van der Waals surface area (Å²) in [7, 11) is 0. The highest BCUT2D eigenvalue weighted by Crippen LogP contribution is 2.40. The molecular formula is C34H33NOS. The summed E-state index contributed by atoms with van der Waals surface area (Å²) in [4.78, 5) is 7.53. The molecule has 0 unspecified atom stereocenters. The topological polar surface area (TPSA) is 26.0 Å². The van der Waals surface area contributed by atoms with Crippen molar-refractivity contribution < 1.29 is 4.42 Å². The van der Waals surface area contributed by atoms with Crippen molar-refractivity contribution in [1.82, 2.24) is 4.98 Å². The summed E-state index contributed by atoms with van der Waals surface area (Å²) < 4.78 is 6.03. The summed E-state index contributed by atoms with van der Waals surface area (Å²) in [6.07, 6.45) is 2.96. The van der Waals surface area contributed by atoms with Crippen molar-refractivity contribution >= 4 is 43.3 Å². The molecule has 0 atom stereocenters. The van der Waals surface area contributed by atoms with E-state index in [1.807, 2.05) is 6.26 Å². The molecule has 37 heavy (non-hydrogen) atoms. The van der Waals surface area contributed by atoms with Crippen molar-refractivity contribution in [3.63, 3.8) is 0 Å². The number of furan rings is 1. The first-order valence-electron chi connectivity index (χ1n) is 13.1. The lowest BCUT2D eigenvalue weighted by molar-refractivity contribution is 0.594. The van der Waals surface area contributed by atoms with Gasteiger partial charge in [-0.3, -0.25) is 0 Å². The molecule has 6 aromatic rings. The number of pyridine rings is 1. The molecule has 3 heterocycles. The Morgan fingerprint density at radius 1 is 0.865 bits per heavy atom. The van der Waals surface area contributed by atoms with Gasteiger partial charge in [0.1, 0.15) is 10.4 Å². The summed E-state index contributed by atoms with van der Waals surface area (Å²) in [6.45, 7) is 13.5. The van der Waals surface area contributed by atoms with Crippen LogP contribution >= 0.6 is 11.3 Å². The molecule has 0 spiro atoms. The normalized spacial score (nSPS) is 12.4. The highest BCUT2D eigenvalue weighted by molar-refractivity contribution is 7.18. The maximum atomic E-state index is 6.03. The molecule has 0 fully saturated rings. The maximum absolute atomic E-state index is 6.03. The number of fused-ring (bicyclic) bond motifs is 3. The number of aromatic nitrogens is 1. The van der Waals surface area contributed by atoms with Crippen molar-refractivity contribution in [1.29, 1.82) is 0 Å². The monoisotopic (exact) mass is 503 g/mol. The molecule has 0 amide bonds. The first-order chi connectivity index (χ1) is 17.7. The van der Waals surface area contributed by atoms with Crippen molar-refractivity contribution in [2.75, 3.05) is 0 Å². The Morgan fingerprint density at radius 3 is 2.46 bits per heavy atom. The molecule has 0 aliphatic heterocycles. The van der Waals surface area contributed by atoms with Gasteiger partial charge in [0.15, 0.2) is 0 Å². The van der Waals surface area contributed by atoms with Crippen LogP contribution in [0.5, 0.6) is 0 Å². The van der Waals surface area contributed by atoms with Gasteiger partial charge in [0, 0.05) is 21.2 Å². The van der Waals surface area contributed by atoms with Crippen LogP contribution in [-0.4, -0.2) is 4.98 Å². The Balaban J connectivity index is 1.56. The number of aryl methyl sites for hydroxylation is 1. The summed E-state index contributed by atoms with van der Waals surface area (Å²) in [6, 6.07) is 24.5. The number of hydrogen-bond acceptors (Lipinski definition) is 3. The highest BCUT2D eigenvalue weighted by Gasteiger charge is 2.20. The van der Waals surface area contributed by atoms with Crippen LogP contribution in [0, 0.1) is 12.8 Å². The van der Waals surface area contributed by atoms with Gasteiger partial charge >= 0.3 is 0 Å². The van der Waals surface area contributed by atoms with E-state index in [0.717, 1.165) is 28.1 Å². The average molecular weight is 504 g/mol. The Hall–Kier alpha value is -3.43. The van der Waals surface area contributed by atoms with Crippen LogP contribution in [0.15, 0.2) is 77.4 Å². The van der Waals surface area contributed by atoms with Gasteiger partial charge in [0.25, 0.3) is 0 Å². The van der Waals surface area contributed by atoms with E-state index in [2.05, 4.69) is 108 Å². The van der Waals surface area contributed by atoms with E-state index in [1.165, 1.54) is 48.7 Å². The highest BCUT2D eigenvalue weighted by atomic mass is 32.1. The Bertz CT molecular complexity index is 1780. The summed E-state index contributed by atoms with van der Waals surface area (Å²) in [5.74, 6) is 0.594. The quantitative estimate of drug-likeness (QED) is 0.239. The first-order valence-corrected chi connectivity index (χ1v) is 13.9. The molecule has 0 aliphatic carbocycles. The smallest absolute Gasteiger partial charge is 0.134 e. The van der Waals surface area contributed by atoms with Crippen LogP contribution in [0.4, 0.5) is 0 Å². The molecule has 0 N–H and O–H groups in total. The average Bonchev–Trinajstić information content (AvgIpc) is 3.43. The summed E-state index contributed by atoms with van der Waals surface area (Å²) >= 11 is 1.76. The lowest BCUT2D eigenvalue weighted by Crippen LogP contribution is -2.12. The van der Waals surface area contributed by atoms with Crippen molar-refractivity contribution in [2.24, 2.45) is 5.92 Å². The van der Waals surface area contributed by atoms with E-state index < -0.39 is 0 Å². The Morgan fingerprint density at radius 2 is 1.68 bits per heavy atom. The van der Waals surface area contributed by atoms with Crippen molar-refractivity contribution in [3.8, 4) is 22.4 Å². The third kappa shape index (κ3) is 4.36. The van der Waals surface area contributed by atoms with Gasteiger partial charge in [-0.2, -0.15) is 0 Å². The summed E-state index contributed by atoms with van der Waals surface area (Å²) in [5, 5.41) is 4.99. The molecule has 3 aromatic carbocycles. The minimum Gasteiger partial charge on any atom is -0.464 e. The van der Waals surface area contributed by atoms with Gasteiger partial charge < -0.3 is 4.42 Å². The maximum Gasteiger partial charge on any atom is 0.134 e. The number of benzene rings is 3. The van der Waals surface area contributed by atoms with Crippen molar-refractivity contribution in [3.05, 3.63) is 89.0 Å². The second kappa shape index (κ2) is 8.85. The van der Waals surface area contributed by atoms with E-state index in [4.69, 9.17) is 9.40 Å². The fraction of sp³-hybridized carbons (Fsp3) is 0.265. The first kappa shape index (κ1) is 23.9. The number of rotatable bonds is 4. The summed E-state index contributed by atoms with van der Waals surface area (Å²) in [5.41, 5.74) is 8.17. The lowest BCUT2D eigenvalue weighted by atomic mass is 9.82. The minimum absolute atomic E-state index is 0.0279. The predicted octanol–water partition coefficient (Wildman–Crippen LogP) is 10.3. The molecule has 3 aromatic heterocycles. The number of thiophene rings is 1. The Labute approximate surface area is 223 Å². The third-order valence-electron chi connectivity index (χ3n) is 7.19. The van der Waals surface area contributed by atoms with E-state index >= 15 is 0 Å². The fourth-order valence-electron chi connectivity index (χ4n) is 5.45. The van der Waals surface area contributed by atoms with E-state index in [1.54, 1.807) is 11.3 Å². The zero-order valence-electron chi connectivity index (χ0n) is 22.5. The number of nitrogens with zero attached hydrogens (tertiary/aromatic N) is 1. The molecule has 0 saturated carbocycles. The van der Waals surface area contributed by atoms with Crippen LogP contribution in [0.25, 0.3) is 54.3 Å². The zero-order valence-corrected chi connectivity index (χ0v) is 23.3. The van der Waals surface area contributed by atoms with Crippen molar-refractivity contribution in [2.45, 2.75) is 53.4 Å². The van der Waals surface area contributed by atoms with Gasteiger partial charge in [-0.25, -0.2) is 4.98 Å². The van der Waals surface area contributed by atoms with Crippen LogP contribution in [0.1, 0.15) is 50.6 Å². The molecule has 186 valence electrons. The van der Waals surface area contributed by atoms with Gasteiger partial charge in [0.05, 0.1) is 12.0 Å². The minimum atomic E-state index is 0.0279.